The lowest BCUT2D eigenvalue weighted by molar-refractivity contribution is 0.192. The second kappa shape index (κ2) is 7.29. The highest BCUT2D eigenvalue weighted by Gasteiger charge is 2.42. The first kappa shape index (κ1) is 18.5. The molecule has 3 atom stereocenters. The third-order valence-electron chi connectivity index (χ3n) is 5.54. The van der Waals surface area contributed by atoms with Gasteiger partial charge in [0.25, 0.3) is 0 Å². The highest BCUT2D eigenvalue weighted by atomic mass is 32.2. The average molecular weight is 395 g/mol. The molecule has 27 heavy (non-hydrogen) atoms. The summed E-state index contributed by atoms with van der Waals surface area (Å²) in [7, 11) is -2.37. The van der Waals surface area contributed by atoms with Crippen LogP contribution in [0.25, 0.3) is 0 Å². The van der Waals surface area contributed by atoms with Crippen LogP contribution in [0.5, 0.6) is 5.75 Å². The Morgan fingerprint density at radius 2 is 2.15 bits per heavy atom. The van der Waals surface area contributed by atoms with Crippen molar-refractivity contribution < 1.29 is 22.7 Å². The molecule has 1 aromatic carbocycles. The van der Waals surface area contributed by atoms with Gasteiger partial charge in [-0.3, -0.25) is 0 Å². The Labute approximate surface area is 159 Å². The fourth-order valence-electron chi connectivity index (χ4n) is 3.85. The minimum Gasteiger partial charge on any atom is -0.495 e. The normalized spacial score (nSPS) is 27.1. The summed E-state index contributed by atoms with van der Waals surface area (Å²) in [6.45, 7) is 2.42. The van der Waals surface area contributed by atoms with Gasteiger partial charge in [-0.2, -0.15) is 0 Å². The monoisotopic (exact) mass is 395 g/mol. The first-order valence-electron chi connectivity index (χ1n) is 9.30. The van der Waals surface area contributed by atoms with Crippen LogP contribution < -0.4 is 14.8 Å². The number of fused-ring (bicyclic) bond motifs is 1. The van der Waals surface area contributed by atoms with Gasteiger partial charge in [0.15, 0.2) is 0 Å². The van der Waals surface area contributed by atoms with E-state index in [4.69, 9.17) is 9.47 Å². The van der Waals surface area contributed by atoms with Crippen LogP contribution >= 0.6 is 0 Å². The van der Waals surface area contributed by atoms with Gasteiger partial charge in [-0.15, -0.1) is 0 Å². The number of amides is 2. The quantitative estimate of drug-likeness (QED) is 0.790. The fraction of sp³-hybridized carbons (Fsp3) is 0.611. The molecule has 2 saturated heterocycles. The summed E-state index contributed by atoms with van der Waals surface area (Å²) in [5, 5.41) is 2.82. The highest BCUT2D eigenvalue weighted by molar-refractivity contribution is 7.89. The summed E-state index contributed by atoms with van der Waals surface area (Å²) in [6, 6.07) is 4.21. The third kappa shape index (κ3) is 4.04. The van der Waals surface area contributed by atoms with Crippen molar-refractivity contribution in [2.24, 2.45) is 11.8 Å². The maximum absolute atomic E-state index is 12.8. The minimum absolute atomic E-state index is 0.00982. The Kier molecular flexibility index (Phi) is 5.00. The number of anilines is 1. The van der Waals surface area contributed by atoms with Crippen LogP contribution in [0.15, 0.2) is 23.1 Å². The first-order valence-corrected chi connectivity index (χ1v) is 10.8. The average Bonchev–Trinajstić information content (AvgIpc) is 3.27. The van der Waals surface area contributed by atoms with Gasteiger partial charge in [-0.05, 0) is 49.3 Å². The number of urea groups is 1. The number of rotatable bonds is 5. The Morgan fingerprint density at radius 3 is 2.85 bits per heavy atom. The Balaban J connectivity index is 1.50. The van der Waals surface area contributed by atoms with Gasteiger partial charge in [0.1, 0.15) is 10.6 Å². The molecule has 1 saturated carbocycles. The summed E-state index contributed by atoms with van der Waals surface area (Å²) in [6.07, 6.45) is 2.90. The van der Waals surface area contributed by atoms with Crippen molar-refractivity contribution in [2.45, 2.75) is 30.2 Å². The number of ether oxygens (including phenoxy) is 2. The zero-order valence-corrected chi connectivity index (χ0v) is 16.1. The molecule has 2 heterocycles. The van der Waals surface area contributed by atoms with Gasteiger partial charge in [0, 0.05) is 31.4 Å². The molecule has 2 amide bonds. The number of likely N-dealkylation sites (tertiary alicyclic amines) is 1. The van der Waals surface area contributed by atoms with Crippen molar-refractivity contribution in [2.75, 3.05) is 38.7 Å². The van der Waals surface area contributed by atoms with Crippen LogP contribution in [0.4, 0.5) is 10.5 Å². The van der Waals surface area contributed by atoms with Crippen molar-refractivity contribution in [1.82, 2.24) is 9.62 Å². The van der Waals surface area contributed by atoms with Crippen LogP contribution in [0.3, 0.4) is 0 Å². The molecule has 8 nitrogen and oxygen atoms in total. The van der Waals surface area contributed by atoms with E-state index in [1.165, 1.54) is 19.6 Å². The van der Waals surface area contributed by atoms with E-state index < -0.39 is 10.0 Å². The standard InChI is InChI=1S/C18H25N3O5S/c1-25-16-3-2-14(19-18(22)21-6-4-12-8-13(12)10-21)9-17(16)27(23,24)20-15-5-7-26-11-15/h2-3,9,12-13,15,20H,4-8,10-11H2,1H3,(H,19,22). The highest BCUT2D eigenvalue weighted by Crippen LogP contribution is 2.44. The molecule has 1 aromatic rings. The lowest BCUT2D eigenvalue weighted by Gasteiger charge is -2.26. The predicted octanol–water partition coefficient (Wildman–Crippen LogP) is 1.64. The molecule has 3 aliphatic rings. The number of benzene rings is 1. The van der Waals surface area contributed by atoms with E-state index in [9.17, 15) is 13.2 Å². The Morgan fingerprint density at radius 1 is 1.30 bits per heavy atom. The number of nitrogens with zero attached hydrogens (tertiary/aromatic N) is 1. The Bertz CT molecular complexity index is 822. The summed E-state index contributed by atoms with van der Waals surface area (Å²) in [4.78, 5) is 14.3. The largest absolute Gasteiger partial charge is 0.495 e. The molecule has 9 heteroatoms. The van der Waals surface area contributed by atoms with Crippen molar-refractivity contribution in [3.63, 3.8) is 0 Å². The van der Waals surface area contributed by atoms with Gasteiger partial charge >= 0.3 is 6.03 Å². The van der Waals surface area contributed by atoms with E-state index >= 15 is 0 Å². The first-order chi connectivity index (χ1) is 13.0. The minimum atomic E-state index is -3.79. The summed E-state index contributed by atoms with van der Waals surface area (Å²) in [5.41, 5.74) is 0.432. The lowest BCUT2D eigenvalue weighted by Crippen LogP contribution is -2.39. The maximum atomic E-state index is 12.8. The van der Waals surface area contributed by atoms with Crippen LogP contribution in [-0.4, -0.2) is 58.8 Å². The molecule has 0 spiro atoms. The number of hydrogen-bond donors (Lipinski definition) is 2. The zero-order chi connectivity index (χ0) is 19.0. The fourth-order valence-corrected chi connectivity index (χ4v) is 5.30. The lowest BCUT2D eigenvalue weighted by atomic mass is 10.1. The molecule has 0 radical (unpaired) electrons. The van der Waals surface area contributed by atoms with Crippen molar-refractivity contribution in [1.29, 1.82) is 0 Å². The molecule has 3 unspecified atom stereocenters. The molecule has 4 rings (SSSR count). The maximum Gasteiger partial charge on any atom is 0.321 e. The molecule has 0 bridgehead atoms. The van der Waals surface area contributed by atoms with Crippen molar-refractivity contribution in [3.05, 3.63) is 18.2 Å². The van der Waals surface area contributed by atoms with Crippen LogP contribution in [-0.2, 0) is 14.8 Å². The van der Waals surface area contributed by atoms with Gasteiger partial charge in [-0.25, -0.2) is 17.9 Å². The summed E-state index contributed by atoms with van der Waals surface area (Å²) in [5.74, 6) is 1.66. The van der Waals surface area contributed by atoms with Gasteiger partial charge in [0.05, 0.1) is 13.7 Å². The van der Waals surface area contributed by atoms with E-state index in [1.807, 2.05) is 0 Å². The van der Waals surface area contributed by atoms with E-state index in [0.29, 0.717) is 31.2 Å². The third-order valence-corrected chi connectivity index (χ3v) is 7.08. The van der Waals surface area contributed by atoms with E-state index in [1.54, 1.807) is 17.0 Å². The molecule has 2 N–H and O–H groups in total. The van der Waals surface area contributed by atoms with Gasteiger partial charge < -0.3 is 19.7 Å². The molecule has 2 aliphatic heterocycles. The molecule has 1 aliphatic carbocycles. The number of piperidine rings is 1. The molecule has 0 aromatic heterocycles. The zero-order valence-electron chi connectivity index (χ0n) is 15.3. The number of methoxy groups -OCH3 is 1. The van der Waals surface area contributed by atoms with E-state index in [2.05, 4.69) is 10.0 Å². The van der Waals surface area contributed by atoms with Gasteiger partial charge in [-0.1, -0.05) is 0 Å². The number of carbonyl (C=O) groups is 1. The topological polar surface area (TPSA) is 97.0 Å². The number of sulfonamides is 1. The smallest absolute Gasteiger partial charge is 0.321 e. The van der Waals surface area contributed by atoms with Gasteiger partial charge in [0.2, 0.25) is 10.0 Å². The number of hydrogen-bond acceptors (Lipinski definition) is 5. The van der Waals surface area contributed by atoms with Crippen molar-refractivity contribution in [3.8, 4) is 5.75 Å². The summed E-state index contributed by atoms with van der Waals surface area (Å²) >= 11 is 0. The molecule has 3 fully saturated rings. The second-order valence-electron chi connectivity index (χ2n) is 7.47. The second-order valence-corrected chi connectivity index (χ2v) is 9.15. The van der Waals surface area contributed by atoms with E-state index in [-0.39, 0.29) is 22.7 Å². The van der Waals surface area contributed by atoms with Crippen molar-refractivity contribution >= 4 is 21.7 Å². The SMILES string of the molecule is COc1ccc(NC(=O)N2CCC3CC3C2)cc1S(=O)(=O)NC1CCOC1. The molecular weight excluding hydrogens is 370 g/mol. The predicted molar refractivity (Wildman–Crippen MR) is 99.3 cm³/mol. The molecular formula is C18H25N3O5S. The Hall–Kier alpha value is -1.84. The molecule has 148 valence electrons. The van der Waals surface area contributed by atoms with Crippen LogP contribution in [0.1, 0.15) is 19.3 Å². The number of nitrogens with one attached hydrogen (secondary N) is 2. The van der Waals surface area contributed by atoms with E-state index in [0.717, 1.165) is 25.4 Å². The van der Waals surface area contributed by atoms with Crippen LogP contribution in [0.2, 0.25) is 0 Å². The summed E-state index contributed by atoms with van der Waals surface area (Å²) < 4.78 is 38.7. The number of carbonyl (C=O) groups excluding carboxylic acids is 1. The van der Waals surface area contributed by atoms with Crippen LogP contribution in [0, 0.1) is 11.8 Å².